The van der Waals surface area contributed by atoms with Gasteiger partial charge in [-0.3, -0.25) is 4.79 Å². The molecule has 0 N–H and O–H groups in total. The summed E-state index contributed by atoms with van der Waals surface area (Å²) < 4.78 is 4.86. The van der Waals surface area contributed by atoms with Crippen LogP contribution in [-0.2, 0) is 9.53 Å². The van der Waals surface area contributed by atoms with Gasteiger partial charge in [-0.15, -0.1) is 0 Å². The second kappa shape index (κ2) is 6.39. The first-order chi connectivity index (χ1) is 7.99. The Bertz CT molecular complexity index is 251. The molecule has 1 aliphatic rings. The summed E-state index contributed by atoms with van der Waals surface area (Å²) in [6.07, 6.45) is 5.16. The average Bonchev–Trinajstić information content (AvgIpc) is 2.52. The van der Waals surface area contributed by atoms with E-state index in [9.17, 15) is 4.79 Å². The van der Waals surface area contributed by atoms with Gasteiger partial charge in [-0.05, 0) is 52.1 Å². The number of ether oxygens (including phenoxy) is 1. The zero-order chi connectivity index (χ0) is 12.9. The van der Waals surface area contributed by atoms with E-state index in [4.69, 9.17) is 4.74 Å². The summed E-state index contributed by atoms with van der Waals surface area (Å²) in [7, 11) is 1.47. The van der Waals surface area contributed by atoms with Gasteiger partial charge in [0.05, 0.1) is 12.5 Å². The summed E-state index contributed by atoms with van der Waals surface area (Å²) >= 11 is 0. The predicted octanol–water partition coefficient (Wildman–Crippen LogP) is 2.70. The highest BCUT2D eigenvalue weighted by atomic mass is 16.5. The zero-order valence-corrected chi connectivity index (χ0v) is 11.8. The maximum atomic E-state index is 11.7. The number of hydrogen-bond donors (Lipinski definition) is 0. The largest absolute Gasteiger partial charge is 0.469 e. The Morgan fingerprint density at radius 3 is 2.65 bits per heavy atom. The lowest BCUT2D eigenvalue weighted by atomic mass is 9.93. The Morgan fingerprint density at radius 2 is 2.06 bits per heavy atom. The van der Waals surface area contributed by atoms with Crippen molar-refractivity contribution < 1.29 is 9.53 Å². The van der Waals surface area contributed by atoms with Crippen molar-refractivity contribution in [1.29, 1.82) is 0 Å². The Balaban J connectivity index is 2.48. The molecular formula is C14H27NO2. The summed E-state index contributed by atoms with van der Waals surface area (Å²) in [6, 6.07) is 0. The van der Waals surface area contributed by atoms with E-state index in [0.29, 0.717) is 0 Å². The highest BCUT2D eigenvalue weighted by molar-refractivity contribution is 5.76. The maximum absolute atomic E-state index is 11.7. The highest BCUT2D eigenvalue weighted by Gasteiger charge is 2.31. The minimum atomic E-state index is -0.388. The lowest BCUT2D eigenvalue weighted by Crippen LogP contribution is -2.40. The third-order valence-corrected chi connectivity index (χ3v) is 3.87. The van der Waals surface area contributed by atoms with Crippen LogP contribution in [0.4, 0.5) is 0 Å². The molecule has 0 bridgehead atoms. The van der Waals surface area contributed by atoms with E-state index in [1.165, 1.54) is 32.8 Å². The minimum Gasteiger partial charge on any atom is -0.469 e. The quantitative estimate of drug-likeness (QED) is 0.709. The Morgan fingerprint density at radius 1 is 1.35 bits per heavy atom. The molecule has 0 aromatic carbocycles. The van der Waals surface area contributed by atoms with Gasteiger partial charge in [0.2, 0.25) is 0 Å². The van der Waals surface area contributed by atoms with Crippen molar-refractivity contribution in [2.24, 2.45) is 11.3 Å². The monoisotopic (exact) mass is 241 g/mol. The molecule has 17 heavy (non-hydrogen) atoms. The van der Waals surface area contributed by atoms with Crippen molar-refractivity contribution in [2.45, 2.75) is 46.5 Å². The number of likely N-dealkylation sites (tertiary alicyclic amines) is 1. The molecule has 0 saturated carbocycles. The van der Waals surface area contributed by atoms with Crippen molar-refractivity contribution in [2.75, 3.05) is 26.7 Å². The molecule has 0 amide bonds. The molecular weight excluding hydrogens is 214 g/mol. The fourth-order valence-electron chi connectivity index (χ4n) is 2.69. The molecule has 0 radical (unpaired) electrons. The number of carbonyl (C=O) groups excluding carboxylic acids is 1. The molecule has 1 unspecified atom stereocenters. The molecule has 1 rings (SSSR count). The lowest BCUT2D eigenvalue weighted by Gasteiger charge is -2.29. The molecule has 3 heteroatoms. The predicted molar refractivity (Wildman–Crippen MR) is 69.9 cm³/mol. The van der Waals surface area contributed by atoms with Crippen LogP contribution < -0.4 is 0 Å². The zero-order valence-electron chi connectivity index (χ0n) is 11.8. The Kier molecular flexibility index (Phi) is 5.44. The van der Waals surface area contributed by atoms with Crippen LogP contribution in [-0.4, -0.2) is 37.6 Å². The van der Waals surface area contributed by atoms with Gasteiger partial charge in [0.1, 0.15) is 0 Å². The second-order valence-electron chi connectivity index (χ2n) is 5.86. The van der Waals surface area contributed by atoms with Gasteiger partial charge in [0, 0.05) is 6.54 Å². The van der Waals surface area contributed by atoms with Crippen molar-refractivity contribution in [3.05, 3.63) is 0 Å². The molecule has 1 atom stereocenters. The molecule has 100 valence electrons. The number of rotatable bonds is 4. The van der Waals surface area contributed by atoms with E-state index < -0.39 is 0 Å². The van der Waals surface area contributed by atoms with Crippen molar-refractivity contribution in [1.82, 2.24) is 4.90 Å². The average molecular weight is 241 g/mol. The molecule has 0 aromatic rings. The third-order valence-electron chi connectivity index (χ3n) is 3.87. The second-order valence-corrected chi connectivity index (χ2v) is 5.86. The number of hydrogen-bond acceptors (Lipinski definition) is 3. The van der Waals surface area contributed by atoms with E-state index in [0.717, 1.165) is 25.6 Å². The van der Waals surface area contributed by atoms with Crippen molar-refractivity contribution >= 4 is 5.97 Å². The van der Waals surface area contributed by atoms with Crippen LogP contribution in [0.3, 0.4) is 0 Å². The Hall–Kier alpha value is -0.570. The van der Waals surface area contributed by atoms with Crippen LogP contribution in [0.2, 0.25) is 0 Å². The topological polar surface area (TPSA) is 29.5 Å². The number of carbonyl (C=O) groups is 1. The third kappa shape index (κ3) is 4.30. The number of esters is 1. The van der Waals surface area contributed by atoms with Gasteiger partial charge < -0.3 is 9.64 Å². The molecule has 1 heterocycles. The van der Waals surface area contributed by atoms with Gasteiger partial charge in [-0.25, -0.2) is 0 Å². The van der Waals surface area contributed by atoms with E-state index in [1.807, 2.05) is 13.8 Å². The molecule has 1 aliphatic heterocycles. The first kappa shape index (κ1) is 14.5. The lowest BCUT2D eigenvalue weighted by molar-refractivity contribution is -0.151. The molecule has 0 aromatic heterocycles. The summed E-state index contributed by atoms with van der Waals surface area (Å²) in [6.45, 7) is 9.28. The molecule has 3 nitrogen and oxygen atoms in total. The van der Waals surface area contributed by atoms with Gasteiger partial charge in [0.15, 0.2) is 0 Å². The molecule has 1 saturated heterocycles. The first-order valence-electron chi connectivity index (χ1n) is 6.80. The van der Waals surface area contributed by atoms with Crippen LogP contribution in [0.5, 0.6) is 0 Å². The number of methoxy groups -OCH3 is 1. The van der Waals surface area contributed by atoms with Gasteiger partial charge >= 0.3 is 5.97 Å². The van der Waals surface area contributed by atoms with Gasteiger partial charge in [-0.2, -0.15) is 0 Å². The molecule has 0 aliphatic carbocycles. The number of nitrogens with zero attached hydrogens (tertiary/aromatic N) is 1. The van der Waals surface area contributed by atoms with Crippen LogP contribution in [0.1, 0.15) is 46.5 Å². The van der Waals surface area contributed by atoms with Crippen LogP contribution >= 0.6 is 0 Å². The van der Waals surface area contributed by atoms with Crippen molar-refractivity contribution in [3.63, 3.8) is 0 Å². The standard InChI is InChI=1S/C14H27NO2/c1-5-12-7-6-9-15(10-8-12)11-14(2,3)13(16)17-4/h12H,5-11H2,1-4H3. The van der Waals surface area contributed by atoms with Crippen LogP contribution in [0, 0.1) is 11.3 Å². The minimum absolute atomic E-state index is 0.103. The van der Waals surface area contributed by atoms with E-state index in [1.54, 1.807) is 0 Å². The molecule has 1 fully saturated rings. The SMILES string of the molecule is CCC1CCCN(CC(C)(C)C(=O)OC)CC1. The summed E-state index contributed by atoms with van der Waals surface area (Å²) in [5, 5.41) is 0. The molecule has 0 spiro atoms. The van der Waals surface area contributed by atoms with Gasteiger partial charge in [0.25, 0.3) is 0 Å². The fraction of sp³-hybridized carbons (Fsp3) is 0.929. The fourth-order valence-corrected chi connectivity index (χ4v) is 2.69. The van der Waals surface area contributed by atoms with E-state index in [2.05, 4.69) is 11.8 Å². The van der Waals surface area contributed by atoms with Gasteiger partial charge in [-0.1, -0.05) is 13.3 Å². The normalized spacial score (nSPS) is 23.2. The highest BCUT2D eigenvalue weighted by Crippen LogP contribution is 2.24. The summed E-state index contributed by atoms with van der Waals surface area (Å²) in [5.74, 6) is 0.773. The summed E-state index contributed by atoms with van der Waals surface area (Å²) in [5.41, 5.74) is -0.388. The maximum Gasteiger partial charge on any atom is 0.312 e. The van der Waals surface area contributed by atoms with Crippen LogP contribution in [0.25, 0.3) is 0 Å². The Labute approximate surface area is 106 Å². The van der Waals surface area contributed by atoms with E-state index >= 15 is 0 Å². The smallest absolute Gasteiger partial charge is 0.312 e. The first-order valence-corrected chi connectivity index (χ1v) is 6.80. The summed E-state index contributed by atoms with van der Waals surface area (Å²) in [4.78, 5) is 14.1. The van der Waals surface area contributed by atoms with Crippen LogP contribution in [0.15, 0.2) is 0 Å². The van der Waals surface area contributed by atoms with E-state index in [-0.39, 0.29) is 11.4 Å². The van der Waals surface area contributed by atoms with Crippen molar-refractivity contribution in [3.8, 4) is 0 Å².